The van der Waals surface area contributed by atoms with Gasteiger partial charge < -0.3 is 5.11 Å². The number of thiocarbonyl (C=S) groups is 1. The normalized spacial score (nSPS) is 11.5. The third kappa shape index (κ3) is 4.54. The summed E-state index contributed by atoms with van der Waals surface area (Å²) in [6, 6.07) is 4.52. The van der Waals surface area contributed by atoms with Crippen LogP contribution in [0.2, 0.25) is 0 Å². The number of hydrogen-bond donors (Lipinski definition) is 1. The molecule has 0 bridgehead atoms. The van der Waals surface area contributed by atoms with Crippen molar-refractivity contribution in [1.82, 2.24) is 0 Å². The Bertz CT molecular complexity index is 582. The van der Waals surface area contributed by atoms with Crippen molar-refractivity contribution >= 4 is 17.1 Å². The highest BCUT2D eigenvalue weighted by Crippen LogP contribution is 2.25. The standard InChI is InChI=1S/C20H28OS/c1-6-9-11-16-12-17(10-7-2)14(4)19(13-16)20(22)18(8-3)15(5)21/h8,12-13,21H,5-7,9-11H2,1-4H3/b18-8-. The molecule has 120 valence electrons. The smallest absolute Gasteiger partial charge is 0.116 e. The average Bonchev–Trinajstić information content (AvgIpc) is 2.48. The second-order valence-electron chi connectivity index (χ2n) is 5.76. The molecule has 22 heavy (non-hydrogen) atoms. The summed E-state index contributed by atoms with van der Waals surface area (Å²) in [5.41, 5.74) is 5.66. The highest BCUT2D eigenvalue weighted by atomic mass is 32.1. The molecule has 0 radical (unpaired) electrons. The van der Waals surface area contributed by atoms with Crippen LogP contribution in [0.15, 0.2) is 36.1 Å². The molecule has 1 aromatic carbocycles. The van der Waals surface area contributed by atoms with Crippen LogP contribution in [0, 0.1) is 6.92 Å². The fourth-order valence-electron chi connectivity index (χ4n) is 2.70. The van der Waals surface area contributed by atoms with Gasteiger partial charge in [-0.1, -0.05) is 63.7 Å². The minimum Gasteiger partial charge on any atom is -0.508 e. The predicted molar refractivity (Wildman–Crippen MR) is 101 cm³/mol. The Labute approximate surface area is 140 Å². The van der Waals surface area contributed by atoms with Crippen LogP contribution in [-0.4, -0.2) is 9.97 Å². The number of aliphatic hydroxyl groups is 1. The minimum atomic E-state index is 0.0444. The van der Waals surface area contributed by atoms with Gasteiger partial charge in [0.25, 0.3) is 0 Å². The molecule has 0 aliphatic carbocycles. The topological polar surface area (TPSA) is 20.2 Å². The van der Waals surface area contributed by atoms with E-state index in [4.69, 9.17) is 12.2 Å². The first kappa shape index (κ1) is 18.6. The van der Waals surface area contributed by atoms with Crippen molar-refractivity contribution in [3.05, 3.63) is 58.4 Å². The van der Waals surface area contributed by atoms with Crippen LogP contribution in [0.1, 0.15) is 62.3 Å². The van der Waals surface area contributed by atoms with Gasteiger partial charge in [0.15, 0.2) is 0 Å². The van der Waals surface area contributed by atoms with E-state index in [0.717, 1.165) is 24.8 Å². The maximum atomic E-state index is 9.77. The number of rotatable bonds is 8. The van der Waals surface area contributed by atoms with E-state index in [-0.39, 0.29) is 5.76 Å². The monoisotopic (exact) mass is 316 g/mol. The largest absolute Gasteiger partial charge is 0.508 e. The van der Waals surface area contributed by atoms with Gasteiger partial charge in [0.2, 0.25) is 0 Å². The van der Waals surface area contributed by atoms with Crippen LogP contribution in [0.5, 0.6) is 0 Å². The molecule has 0 aliphatic heterocycles. The van der Waals surface area contributed by atoms with Gasteiger partial charge in [0.1, 0.15) is 5.76 Å². The van der Waals surface area contributed by atoms with Gasteiger partial charge in [-0.15, -0.1) is 0 Å². The molecule has 1 N–H and O–H groups in total. The van der Waals surface area contributed by atoms with E-state index in [9.17, 15) is 5.11 Å². The fraction of sp³-hybridized carbons (Fsp3) is 0.450. The van der Waals surface area contributed by atoms with Crippen molar-refractivity contribution in [2.24, 2.45) is 0 Å². The number of benzene rings is 1. The van der Waals surface area contributed by atoms with Crippen LogP contribution < -0.4 is 0 Å². The van der Waals surface area contributed by atoms with E-state index in [1.165, 1.54) is 29.5 Å². The van der Waals surface area contributed by atoms with Crippen molar-refractivity contribution in [2.75, 3.05) is 0 Å². The fourth-order valence-corrected chi connectivity index (χ4v) is 3.15. The molecule has 0 saturated carbocycles. The highest BCUT2D eigenvalue weighted by molar-refractivity contribution is 7.81. The zero-order chi connectivity index (χ0) is 16.7. The van der Waals surface area contributed by atoms with Crippen molar-refractivity contribution in [2.45, 2.75) is 59.8 Å². The van der Waals surface area contributed by atoms with Gasteiger partial charge in [-0.25, -0.2) is 0 Å². The van der Waals surface area contributed by atoms with E-state index < -0.39 is 0 Å². The van der Waals surface area contributed by atoms with Gasteiger partial charge in [-0.3, -0.25) is 0 Å². The Kier molecular flexibility index (Phi) is 7.53. The van der Waals surface area contributed by atoms with Crippen LogP contribution >= 0.6 is 12.2 Å². The molecule has 0 aliphatic rings. The number of allylic oxidation sites excluding steroid dienone is 2. The summed E-state index contributed by atoms with van der Waals surface area (Å²) in [6.45, 7) is 12.0. The second kappa shape index (κ2) is 8.89. The Morgan fingerprint density at radius 2 is 1.91 bits per heavy atom. The molecule has 0 unspecified atom stereocenters. The molecule has 0 saturated heterocycles. The molecule has 0 fully saturated rings. The average molecular weight is 317 g/mol. The lowest BCUT2D eigenvalue weighted by Gasteiger charge is -2.16. The molecular weight excluding hydrogens is 288 g/mol. The summed E-state index contributed by atoms with van der Waals surface area (Å²) in [6.07, 6.45) is 7.46. The van der Waals surface area contributed by atoms with E-state index >= 15 is 0 Å². The van der Waals surface area contributed by atoms with E-state index in [1.807, 2.05) is 13.0 Å². The van der Waals surface area contributed by atoms with Gasteiger partial charge >= 0.3 is 0 Å². The van der Waals surface area contributed by atoms with Gasteiger partial charge in [-0.05, 0) is 55.4 Å². The Morgan fingerprint density at radius 3 is 2.41 bits per heavy atom. The van der Waals surface area contributed by atoms with Crippen LogP contribution in [-0.2, 0) is 12.8 Å². The second-order valence-corrected chi connectivity index (χ2v) is 6.17. The Balaban J connectivity index is 3.34. The maximum Gasteiger partial charge on any atom is 0.116 e. The molecule has 1 nitrogen and oxygen atoms in total. The number of aliphatic hydroxyl groups excluding tert-OH is 1. The van der Waals surface area contributed by atoms with Gasteiger partial charge in [0, 0.05) is 5.57 Å². The third-order valence-corrected chi connectivity index (χ3v) is 4.44. The van der Waals surface area contributed by atoms with Crippen molar-refractivity contribution in [1.29, 1.82) is 0 Å². The van der Waals surface area contributed by atoms with Crippen LogP contribution in [0.4, 0.5) is 0 Å². The number of aryl methyl sites for hydroxylation is 2. The summed E-state index contributed by atoms with van der Waals surface area (Å²) >= 11 is 5.63. The summed E-state index contributed by atoms with van der Waals surface area (Å²) < 4.78 is 0. The Morgan fingerprint density at radius 1 is 1.23 bits per heavy atom. The van der Waals surface area contributed by atoms with Crippen LogP contribution in [0.3, 0.4) is 0 Å². The first-order valence-electron chi connectivity index (χ1n) is 8.17. The molecule has 0 aromatic heterocycles. The number of unbranched alkanes of at least 4 members (excludes halogenated alkanes) is 1. The Hall–Kier alpha value is -1.41. The van der Waals surface area contributed by atoms with Crippen molar-refractivity contribution < 1.29 is 5.11 Å². The molecule has 0 heterocycles. The summed E-state index contributed by atoms with van der Waals surface area (Å²) in [5.74, 6) is 0.0444. The zero-order valence-corrected chi connectivity index (χ0v) is 15.1. The third-order valence-electron chi connectivity index (χ3n) is 4.00. The van der Waals surface area contributed by atoms with Gasteiger partial charge in [0.05, 0.1) is 4.86 Å². The molecular formula is C20H28OS. The molecule has 2 heteroatoms. The lowest BCUT2D eigenvalue weighted by molar-refractivity contribution is 0.431. The summed E-state index contributed by atoms with van der Waals surface area (Å²) in [4.78, 5) is 0.697. The number of hydrogen-bond acceptors (Lipinski definition) is 2. The van der Waals surface area contributed by atoms with E-state index in [2.05, 4.69) is 39.5 Å². The molecule has 0 amide bonds. The van der Waals surface area contributed by atoms with Crippen molar-refractivity contribution in [3.63, 3.8) is 0 Å². The lowest BCUT2D eigenvalue weighted by atomic mass is 9.90. The minimum absolute atomic E-state index is 0.0444. The highest BCUT2D eigenvalue weighted by Gasteiger charge is 2.15. The quantitative estimate of drug-likeness (QED) is 0.208. The lowest BCUT2D eigenvalue weighted by Crippen LogP contribution is -2.09. The van der Waals surface area contributed by atoms with Gasteiger partial charge in [-0.2, -0.15) is 0 Å². The first-order valence-corrected chi connectivity index (χ1v) is 8.58. The zero-order valence-electron chi connectivity index (χ0n) is 14.3. The maximum absolute atomic E-state index is 9.77. The molecule has 1 aromatic rings. The summed E-state index contributed by atoms with van der Waals surface area (Å²) in [5, 5.41) is 9.77. The van der Waals surface area contributed by atoms with E-state index in [1.54, 1.807) is 0 Å². The molecule has 0 spiro atoms. The summed E-state index contributed by atoms with van der Waals surface area (Å²) in [7, 11) is 0. The van der Waals surface area contributed by atoms with Crippen LogP contribution in [0.25, 0.3) is 0 Å². The van der Waals surface area contributed by atoms with E-state index in [0.29, 0.717) is 10.4 Å². The molecule has 0 atom stereocenters. The molecule has 1 rings (SSSR count). The van der Waals surface area contributed by atoms with Crippen molar-refractivity contribution in [3.8, 4) is 0 Å². The SMILES string of the molecule is C=C(O)/C(=C/C)C(=S)c1cc(CCCC)cc(CCC)c1C. The first-order chi connectivity index (χ1) is 10.5. The predicted octanol–water partition coefficient (Wildman–Crippen LogP) is 6.03.